The quantitative estimate of drug-likeness (QED) is 0.624. The van der Waals surface area contributed by atoms with Crippen LogP contribution in [0.4, 0.5) is 0 Å². The van der Waals surface area contributed by atoms with Crippen LogP contribution in [0, 0.1) is 6.92 Å². The minimum Gasteiger partial charge on any atom is -0.480 e. The third-order valence-electron chi connectivity index (χ3n) is 2.45. The maximum absolute atomic E-state index is 11.4. The summed E-state index contributed by atoms with van der Waals surface area (Å²) in [6, 6.07) is 4.55. The van der Waals surface area contributed by atoms with Crippen LogP contribution >= 0.6 is 0 Å². The number of ether oxygens (including phenoxy) is 1. The Morgan fingerprint density at radius 2 is 1.78 bits per heavy atom. The van der Waals surface area contributed by atoms with Gasteiger partial charge in [-0.1, -0.05) is 29.8 Å². The lowest BCUT2D eigenvalue weighted by atomic mass is 10.1. The zero-order chi connectivity index (χ0) is 13.7. The monoisotopic (exact) mass is 252 g/mol. The van der Waals surface area contributed by atoms with Gasteiger partial charge in [-0.3, -0.25) is 9.59 Å². The number of carbonyl (C=O) groups is 2. The summed E-state index contributed by atoms with van der Waals surface area (Å²) in [5, 5.41) is 8.60. The number of carboxylic acid groups (broad SMARTS) is 1. The van der Waals surface area contributed by atoms with Gasteiger partial charge >= 0.3 is 11.9 Å². The van der Waals surface area contributed by atoms with E-state index < -0.39 is 24.0 Å². The molecular weight excluding hydrogens is 236 g/mol. The van der Waals surface area contributed by atoms with Gasteiger partial charge in [0, 0.05) is 0 Å². The topological polar surface area (TPSA) is 116 Å². The number of aryl methyl sites for hydroxylation is 1. The van der Waals surface area contributed by atoms with E-state index in [1.54, 1.807) is 0 Å². The van der Waals surface area contributed by atoms with Crippen LogP contribution in [0.2, 0.25) is 0 Å². The van der Waals surface area contributed by atoms with Gasteiger partial charge in [-0.25, -0.2) is 0 Å². The molecule has 0 aliphatic carbocycles. The molecule has 0 spiro atoms. The molecular formula is C12H16N2O4. The molecule has 1 rings (SSSR count). The lowest BCUT2D eigenvalue weighted by molar-refractivity contribution is -0.151. The van der Waals surface area contributed by atoms with Crippen molar-refractivity contribution >= 4 is 11.9 Å². The van der Waals surface area contributed by atoms with Gasteiger partial charge in [0.25, 0.3) is 0 Å². The predicted molar refractivity (Wildman–Crippen MR) is 64.6 cm³/mol. The van der Waals surface area contributed by atoms with E-state index in [1.165, 1.54) is 0 Å². The van der Waals surface area contributed by atoms with Gasteiger partial charge in [0.15, 0.2) is 0 Å². The molecule has 6 heteroatoms. The Morgan fingerprint density at radius 1 is 1.22 bits per heavy atom. The standard InChI is InChI=1S/C12H16N2O4/c1-7-2-4-8(5-3-7)6-18-12(17)10(14)9(13)11(15)16/h2-5,9-10H,6,13-14H2,1H3,(H,15,16). The van der Waals surface area contributed by atoms with Crippen LogP contribution in [0.15, 0.2) is 24.3 Å². The summed E-state index contributed by atoms with van der Waals surface area (Å²) >= 11 is 0. The number of hydrogen-bond donors (Lipinski definition) is 3. The molecule has 0 aliphatic rings. The van der Waals surface area contributed by atoms with E-state index in [1.807, 2.05) is 31.2 Å². The average Bonchev–Trinajstić information content (AvgIpc) is 2.35. The molecule has 1 aromatic carbocycles. The summed E-state index contributed by atoms with van der Waals surface area (Å²) in [4.78, 5) is 22.0. The van der Waals surface area contributed by atoms with Crippen molar-refractivity contribution in [2.75, 3.05) is 0 Å². The molecule has 2 unspecified atom stereocenters. The van der Waals surface area contributed by atoms with Crippen LogP contribution in [-0.2, 0) is 20.9 Å². The SMILES string of the molecule is Cc1ccc(COC(=O)C(N)C(N)C(=O)O)cc1. The number of benzene rings is 1. The first kappa shape index (κ1) is 14.1. The van der Waals surface area contributed by atoms with Crippen LogP contribution in [0.3, 0.4) is 0 Å². The highest BCUT2D eigenvalue weighted by Crippen LogP contribution is 2.05. The lowest BCUT2D eigenvalue weighted by Gasteiger charge is -2.14. The number of esters is 1. The van der Waals surface area contributed by atoms with Crippen molar-refractivity contribution in [3.05, 3.63) is 35.4 Å². The maximum atomic E-state index is 11.4. The zero-order valence-electron chi connectivity index (χ0n) is 10.00. The van der Waals surface area contributed by atoms with Gasteiger partial charge < -0.3 is 21.3 Å². The Hall–Kier alpha value is -1.92. The smallest absolute Gasteiger partial charge is 0.325 e. The van der Waals surface area contributed by atoms with Gasteiger partial charge in [-0.05, 0) is 12.5 Å². The summed E-state index contributed by atoms with van der Waals surface area (Å²) in [6.45, 7) is 1.98. The highest BCUT2D eigenvalue weighted by Gasteiger charge is 2.28. The number of carbonyl (C=O) groups excluding carboxylic acids is 1. The molecule has 0 saturated heterocycles. The second-order valence-electron chi connectivity index (χ2n) is 3.98. The first-order valence-corrected chi connectivity index (χ1v) is 5.38. The third-order valence-corrected chi connectivity index (χ3v) is 2.45. The molecule has 0 radical (unpaired) electrons. The largest absolute Gasteiger partial charge is 0.480 e. The van der Waals surface area contributed by atoms with Crippen molar-refractivity contribution in [3.8, 4) is 0 Å². The van der Waals surface area contributed by atoms with Crippen molar-refractivity contribution in [3.63, 3.8) is 0 Å². The molecule has 0 fully saturated rings. The molecule has 2 atom stereocenters. The molecule has 98 valence electrons. The van der Waals surface area contributed by atoms with E-state index in [4.69, 9.17) is 21.3 Å². The Labute approximate surface area is 105 Å². The van der Waals surface area contributed by atoms with Crippen molar-refractivity contribution < 1.29 is 19.4 Å². The highest BCUT2D eigenvalue weighted by atomic mass is 16.5. The van der Waals surface area contributed by atoms with Crippen LogP contribution < -0.4 is 11.5 Å². The minimum atomic E-state index is -1.46. The Bertz CT molecular complexity index is 430. The van der Waals surface area contributed by atoms with Crippen molar-refractivity contribution in [2.45, 2.75) is 25.6 Å². The normalized spacial score (nSPS) is 13.7. The molecule has 0 bridgehead atoms. The molecule has 0 heterocycles. The number of nitrogens with two attached hydrogens (primary N) is 2. The Morgan fingerprint density at radius 3 is 2.28 bits per heavy atom. The lowest BCUT2D eigenvalue weighted by Crippen LogP contribution is -2.52. The highest BCUT2D eigenvalue weighted by molar-refractivity contribution is 5.85. The zero-order valence-corrected chi connectivity index (χ0v) is 10.00. The van der Waals surface area contributed by atoms with E-state index in [2.05, 4.69) is 0 Å². The van der Waals surface area contributed by atoms with Gasteiger partial charge in [0.2, 0.25) is 0 Å². The van der Waals surface area contributed by atoms with Gasteiger partial charge in [-0.15, -0.1) is 0 Å². The molecule has 0 aliphatic heterocycles. The summed E-state index contributed by atoms with van der Waals surface area (Å²) in [5.74, 6) is -2.17. The molecule has 0 amide bonds. The van der Waals surface area contributed by atoms with E-state index in [9.17, 15) is 9.59 Å². The van der Waals surface area contributed by atoms with E-state index in [-0.39, 0.29) is 6.61 Å². The summed E-state index contributed by atoms with van der Waals surface area (Å²) in [6.07, 6.45) is 0. The van der Waals surface area contributed by atoms with Gasteiger partial charge in [0.1, 0.15) is 18.7 Å². The number of hydrogen-bond acceptors (Lipinski definition) is 5. The fourth-order valence-corrected chi connectivity index (χ4v) is 1.24. The first-order chi connectivity index (χ1) is 8.41. The predicted octanol–water partition coefficient (Wildman–Crippen LogP) is -0.223. The average molecular weight is 252 g/mol. The van der Waals surface area contributed by atoms with Crippen LogP contribution in [-0.4, -0.2) is 29.1 Å². The van der Waals surface area contributed by atoms with Gasteiger partial charge in [0.05, 0.1) is 0 Å². The summed E-state index contributed by atoms with van der Waals surface area (Å²) < 4.78 is 4.89. The minimum absolute atomic E-state index is 0.0408. The second kappa shape index (κ2) is 6.13. The molecule has 1 aromatic rings. The first-order valence-electron chi connectivity index (χ1n) is 5.38. The van der Waals surface area contributed by atoms with E-state index in [0.717, 1.165) is 11.1 Å². The summed E-state index contributed by atoms with van der Waals surface area (Å²) in [7, 11) is 0. The molecule has 0 saturated carbocycles. The summed E-state index contributed by atoms with van der Waals surface area (Å²) in [5.41, 5.74) is 12.5. The molecule has 5 N–H and O–H groups in total. The molecule has 18 heavy (non-hydrogen) atoms. The number of carboxylic acids is 1. The fourth-order valence-electron chi connectivity index (χ4n) is 1.24. The van der Waals surface area contributed by atoms with Crippen molar-refractivity contribution in [2.24, 2.45) is 11.5 Å². The van der Waals surface area contributed by atoms with Crippen molar-refractivity contribution in [1.29, 1.82) is 0 Å². The van der Waals surface area contributed by atoms with E-state index >= 15 is 0 Å². The second-order valence-corrected chi connectivity index (χ2v) is 3.98. The van der Waals surface area contributed by atoms with Crippen molar-refractivity contribution in [1.82, 2.24) is 0 Å². The fraction of sp³-hybridized carbons (Fsp3) is 0.333. The van der Waals surface area contributed by atoms with Gasteiger partial charge in [-0.2, -0.15) is 0 Å². The van der Waals surface area contributed by atoms with Crippen LogP contribution in [0.25, 0.3) is 0 Å². The van der Waals surface area contributed by atoms with Crippen LogP contribution in [0.1, 0.15) is 11.1 Å². The number of aliphatic carboxylic acids is 1. The third kappa shape index (κ3) is 3.83. The molecule has 6 nitrogen and oxygen atoms in total. The Balaban J connectivity index is 2.50. The van der Waals surface area contributed by atoms with E-state index in [0.29, 0.717) is 0 Å². The maximum Gasteiger partial charge on any atom is 0.325 e. The van der Waals surface area contributed by atoms with Crippen LogP contribution in [0.5, 0.6) is 0 Å². The molecule has 0 aromatic heterocycles. The number of rotatable bonds is 5. The Kier molecular flexibility index (Phi) is 4.82.